The molecule has 0 saturated heterocycles. The number of rotatable bonds is 5. The number of benzene rings is 2. The van der Waals surface area contributed by atoms with Crippen molar-refractivity contribution >= 4 is 30.1 Å². The van der Waals surface area contributed by atoms with Gasteiger partial charge in [0.15, 0.2) is 0 Å². The minimum Gasteiger partial charge on any atom is -0.127 e. The fourth-order valence-corrected chi connectivity index (χ4v) is 5.39. The van der Waals surface area contributed by atoms with Crippen LogP contribution in [0.1, 0.15) is 17.5 Å². The summed E-state index contributed by atoms with van der Waals surface area (Å²) in [5, 5.41) is 2.99. The lowest BCUT2D eigenvalue weighted by Crippen LogP contribution is -2.18. The van der Waals surface area contributed by atoms with Crippen molar-refractivity contribution in [1.29, 1.82) is 0 Å². The molecule has 0 aliphatic rings. The van der Waals surface area contributed by atoms with Gasteiger partial charge in [0.05, 0.1) is 0 Å². The lowest BCUT2D eigenvalue weighted by molar-refractivity contribution is 1.11. The largest absolute Gasteiger partial charge is 0.127 e. The number of hydrogen-bond donors (Lipinski definition) is 0. The number of hydrogen-bond acceptors (Lipinski definition) is 0. The molecular formula is C17H20ClP. The van der Waals surface area contributed by atoms with E-state index in [9.17, 15) is 0 Å². The molecule has 0 aromatic heterocycles. The Kier molecular flexibility index (Phi) is 5.43. The molecule has 19 heavy (non-hydrogen) atoms. The maximum absolute atomic E-state index is 5.91. The molecule has 0 aliphatic heterocycles. The zero-order chi connectivity index (χ0) is 13.7. The van der Waals surface area contributed by atoms with Gasteiger partial charge in [-0.3, -0.25) is 0 Å². The summed E-state index contributed by atoms with van der Waals surface area (Å²) in [5.41, 5.74) is 2.79. The van der Waals surface area contributed by atoms with Crippen molar-refractivity contribution in [2.75, 3.05) is 12.0 Å². The fourth-order valence-electron chi connectivity index (χ4n) is 2.32. The van der Waals surface area contributed by atoms with Gasteiger partial charge in [0.1, 0.15) is 0 Å². The summed E-state index contributed by atoms with van der Waals surface area (Å²) in [6.07, 6.45) is 2.25. The molecule has 0 heterocycles. The first kappa shape index (κ1) is 14.6. The zero-order valence-electron chi connectivity index (χ0n) is 11.6. The van der Waals surface area contributed by atoms with Gasteiger partial charge in [-0.15, -0.1) is 11.6 Å². The van der Waals surface area contributed by atoms with Gasteiger partial charge < -0.3 is 0 Å². The Morgan fingerprint density at radius 3 is 1.74 bits per heavy atom. The maximum atomic E-state index is 5.91. The third kappa shape index (κ3) is 3.59. The Morgan fingerprint density at radius 2 is 1.32 bits per heavy atom. The predicted octanol–water partition coefficient (Wildman–Crippen LogP) is 4.37. The van der Waals surface area contributed by atoms with E-state index in [1.54, 1.807) is 0 Å². The van der Waals surface area contributed by atoms with E-state index >= 15 is 0 Å². The van der Waals surface area contributed by atoms with Crippen molar-refractivity contribution in [3.05, 3.63) is 59.7 Å². The van der Waals surface area contributed by atoms with Gasteiger partial charge in [0.2, 0.25) is 0 Å². The van der Waals surface area contributed by atoms with Crippen LogP contribution < -0.4 is 10.6 Å². The zero-order valence-corrected chi connectivity index (χ0v) is 13.2. The molecule has 2 rings (SSSR count). The summed E-state index contributed by atoms with van der Waals surface area (Å²) in [6, 6.07) is 17.5. The quantitative estimate of drug-likeness (QED) is 0.567. The van der Waals surface area contributed by atoms with Crippen LogP contribution in [0, 0.1) is 13.8 Å². The summed E-state index contributed by atoms with van der Waals surface area (Å²) in [7, 11) is -0.283. The van der Waals surface area contributed by atoms with E-state index in [0.717, 1.165) is 12.3 Å². The SMILES string of the molecule is Cc1ccccc1P(CCCCl)c1ccccc1C. The minimum absolute atomic E-state index is 0.283. The van der Waals surface area contributed by atoms with Crippen LogP contribution in [0.25, 0.3) is 0 Å². The van der Waals surface area contributed by atoms with Crippen LogP contribution in [-0.2, 0) is 0 Å². The molecule has 0 fully saturated rings. The van der Waals surface area contributed by atoms with Gasteiger partial charge in [-0.1, -0.05) is 48.5 Å². The first-order valence-electron chi connectivity index (χ1n) is 6.69. The average Bonchev–Trinajstić information content (AvgIpc) is 2.42. The highest BCUT2D eigenvalue weighted by atomic mass is 35.5. The normalized spacial score (nSPS) is 10.9. The maximum Gasteiger partial charge on any atom is 0.0227 e. The molecule has 0 bridgehead atoms. The highest BCUT2D eigenvalue weighted by molar-refractivity contribution is 7.73. The molecule has 0 amide bonds. The molecule has 0 nitrogen and oxygen atoms in total. The van der Waals surface area contributed by atoms with Gasteiger partial charge in [-0.2, -0.15) is 0 Å². The smallest absolute Gasteiger partial charge is 0.0227 e. The second kappa shape index (κ2) is 7.08. The van der Waals surface area contributed by atoms with E-state index in [1.807, 2.05) is 0 Å². The topological polar surface area (TPSA) is 0 Å². The van der Waals surface area contributed by atoms with E-state index in [1.165, 1.54) is 27.9 Å². The Balaban J connectivity index is 2.42. The number of alkyl halides is 1. The van der Waals surface area contributed by atoms with Gasteiger partial charge in [0.25, 0.3) is 0 Å². The van der Waals surface area contributed by atoms with E-state index in [2.05, 4.69) is 62.4 Å². The summed E-state index contributed by atoms with van der Waals surface area (Å²) in [5.74, 6) is 0.747. The van der Waals surface area contributed by atoms with Gasteiger partial charge >= 0.3 is 0 Å². The summed E-state index contributed by atoms with van der Waals surface area (Å²) >= 11 is 5.91. The van der Waals surface area contributed by atoms with Crippen molar-refractivity contribution in [3.63, 3.8) is 0 Å². The molecule has 0 unspecified atom stereocenters. The molecule has 0 radical (unpaired) electrons. The minimum atomic E-state index is -0.283. The van der Waals surface area contributed by atoms with Gasteiger partial charge in [0, 0.05) is 5.88 Å². The summed E-state index contributed by atoms with van der Waals surface area (Å²) < 4.78 is 0. The molecule has 0 aliphatic carbocycles. The third-order valence-electron chi connectivity index (χ3n) is 3.33. The monoisotopic (exact) mass is 290 g/mol. The highest BCUT2D eigenvalue weighted by Gasteiger charge is 2.16. The third-order valence-corrected chi connectivity index (χ3v) is 6.53. The van der Waals surface area contributed by atoms with Crippen molar-refractivity contribution < 1.29 is 0 Å². The van der Waals surface area contributed by atoms with E-state index < -0.39 is 0 Å². The second-order valence-corrected chi connectivity index (χ2v) is 7.41. The number of aryl methyl sites for hydroxylation is 2. The van der Waals surface area contributed by atoms with Gasteiger partial charge in [-0.05, 0) is 56.1 Å². The molecule has 0 atom stereocenters. The fraction of sp³-hybridized carbons (Fsp3) is 0.294. The Bertz CT molecular complexity index is 491. The summed E-state index contributed by atoms with van der Waals surface area (Å²) in [4.78, 5) is 0. The average molecular weight is 291 g/mol. The predicted molar refractivity (Wildman–Crippen MR) is 88.8 cm³/mol. The van der Waals surface area contributed by atoms with Crippen LogP contribution in [0.4, 0.5) is 0 Å². The Labute approximate surface area is 122 Å². The summed E-state index contributed by atoms with van der Waals surface area (Å²) in [6.45, 7) is 4.42. The molecule has 2 aromatic carbocycles. The lowest BCUT2D eigenvalue weighted by Gasteiger charge is -2.22. The highest BCUT2D eigenvalue weighted by Crippen LogP contribution is 2.36. The van der Waals surface area contributed by atoms with E-state index in [4.69, 9.17) is 11.6 Å². The van der Waals surface area contributed by atoms with Crippen LogP contribution in [0.2, 0.25) is 0 Å². The van der Waals surface area contributed by atoms with Crippen molar-refractivity contribution in [2.24, 2.45) is 0 Å². The molecular weight excluding hydrogens is 271 g/mol. The van der Waals surface area contributed by atoms with Crippen molar-refractivity contribution in [3.8, 4) is 0 Å². The second-order valence-electron chi connectivity index (χ2n) is 4.77. The van der Waals surface area contributed by atoms with Crippen LogP contribution in [0.3, 0.4) is 0 Å². The first-order valence-corrected chi connectivity index (χ1v) is 8.75. The molecule has 2 heteroatoms. The lowest BCUT2D eigenvalue weighted by atomic mass is 10.2. The van der Waals surface area contributed by atoms with Crippen LogP contribution >= 0.6 is 19.5 Å². The molecule has 0 spiro atoms. The van der Waals surface area contributed by atoms with Crippen LogP contribution in [-0.4, -0.2) is 12.0 Å². The standard InChI is InChI=1S/C17H20ClP/c1-14-8-3-5-10-16(14)19(13-7-12-18)17-11-6-4-9-15(17)2/h3-6,8-11H,7,12-13H2,1-2H3. The molecule has 0 N–H and O–H groups in total. The van der Waals surface area contributed by atoms with Crippen LogP contribution in [0.5, 0.6) is 0 Å². The van der Waals surface area contributed by atoms with Crippen molar-refractivity contribution in [1.82, 2.24) is 0 Å². The van der Waals surface area contributed by atoms with Gasteiger partial charge in [-0.25, -0.2) is 0 Å². The van der Waals surface area contributed by atoms with E-state index in [-0.39, 0.29) is 7.92 Å². The number of halogens is 1. The Morgan fingerprint density at radius 1 is 0.842 bits per heavy atom. The molecule has 2 aromatic rings. The molecule has 100 valence electrons. The van der Waals surface area contributed by atoms with Crippen LogP contribution in [0.15, 0.2) is 48.5 Å². The molecule has 0 saturated carbocycles. The van der Waals surface area contributed by atoms with Crippen molar-refractivity contribution in [2.45, 2.75) is 20.3 Å². The Hall–Kier alpha value is -0.840. The van der Waals surface area contributed by atoms with E-state index in [0.29, 0.717) is 0 Å². The first-order chi connectivity index (χ1) is 9.24.